The molecule has 2 aromatic heterocycles. The fourth-order valence-corrected chi connectivity index (χ4v) is 3.96. The van der Waals surface area contributed by atoms with E-state index >= 15 is 0 Å². The Labute approximate surface area is 210 Å². The van der Waals surface area contributed by atoms with Crippen molar-refractivity contribution in [3.63, 3.8) is 0 Å². The largest absolute Gasteiger partial charge is 0.507 e. The normalized spacial score (nSPS) is 12.0. The van der Waals surface area contributed by atoms with Gasteiger partial charge in [-0.2, -0.15) is 5.10 Å². The van der Waals surface area contributed by atoms with Gasteiger partial charge in [0.1, 0.15) is 23.1 Å². The molecule has 2 N–H and O–H groups in total. The lowest BCUT2D eigenvalue weighted by atomic mass is 10.0. The van der Waals surface area contributed by atoms with E-state index in [2.05, 4.69) is 24.1 Å². The highest BCUT2D eigenvalue weighted by atomic mass is 19.1. The van der Waals surface area contributed by atoms with Crippen LogP contribution in [0.15, 0.2) is 67.0 Å². The lowest BCUT2D eigenvalue weighted by molar-refractivity contribution is 0.0945. The average molecular weight is 488 g/mol. The maximum atomic E-state index is 13.5. The van der Waals surface area contributed by atoms with E-state index in [0.717, 1.165) is 29.1 Å². The van der Waals surface area contributed by atoms with Gasteiger partial charge in [0.15, 0.2) is 0 Å². The van der Waals surface area contributed by atoms with Crippen molar-refractivity contribution in [1.82, 2.24) is 25.1 Å². The van der Waals surface area contributed by atoms with E-state index in [9.17, 15) is 14.3 Å². The van der Waals surface area contributed by atoms with Crippen molar-refractivity contribution in [3.8, 4) is 28.3 Å². The Morgan fingerprint density at radius 2 is 1.83 bits per heavy atom. The first-order valence-corrected chi connectivity index (χ1v) is 12.0. The zero-order valence-corrected chi connectivity index (χ0v) is 20.6. The van der Waals surface area contributed by atoms with Crippen LogP contribution in [0.5, 0.6) is 5.75 Å². The Balaban J connectivity index is 1.52. The van der Waals surface area contributed by atoms with Crippen LogP contribution in [0.3, 0.4) is 0 Å². The number of halogens is 1. The Hall–Kier alpha value is -4.07. The molecular formula is C28H30FN5O2. The van der Waals surface area contributed by atoms with E-state index in [-0.39, 0.29) is 29.0 Å². The highest BCUT2D eigenvalue weighted by Crippen LogP contribution is 2.30. The second-order valence-corrected chi connectivity index (χ2v) is 9.41. The lowest BCUT2D eigenvalue weighted by Gasteiger charge is -2.13. The van der Waals surface area contributed by atoms with Crippen LogP contribution in [-0.4, -0.2) is 37.3 Å². The summed E-state index contributed by atoms with van der Waals surface area (Å²) in [6.07, 6.45) is 4.25. The molecule has 1 unspecified atom stereocenters. The summed E-state index contributed by atoms with van der Waals surface area (Å²) in [5.74, 6) is 0.460. The molecule has 2 heterocycles. The third-order valence-electron chi connectivity index (χ3n) is 5.70. The summed E-state index contributed by atoms with van der Waals surface area (Å²) in [5.41, 5.74) is 3.39. The van der Waals surface area contributed by atoms with Gasteiger partial charge in [-0.25, -0.2) is 14.4 Å². The maximum absolute atomic E-state index is 13.5. The molecule has 0 saturated heterocycles. The predicted octanol–water partition coefficient (Wildman–Crippen LogP) is 5.12. The van der Waals surface area contributed by atoms with Crippen LogP contribution in [0.2, 0.25) is 0 Å². The number of carbonyl (C=O) groups excluding carboxylic acids is 1. The highest BCUT2D eigenvalue weighted by molar-refractivity contribution is 5.96. The molecule has 2 aromatic carbocycles. The molecule has 4 aromatic rings. The zero-order chi connectivity index (χ0) is 25.7. The van der Waals surface area contributed by atoms with E-state index < -0.39 is 0 Å². The van der Waals surface area contributed by atoms with Gasteiger partial charge in [-0.1, -0.05) is 32.9 Å². The molecular weight excluding hydrogens is 457 g/mol. The Morgan fingerprint density at radius 3 is 2.56 bits per heavy atom. The molecule has 1 atom stereocenters. The average Bonchev–Trinajstić information content (AvgIpc) is 3.26. The third-order valence-corrected chi connectivity index (χ3v) is 5.70. The van der Waals surface area contributed by atoms with E-state index in [0.29, 0.717) is 24.7 Å². The van der Waals surface area contributed by atoms with Gasteiger partial charge >= 0.3 is 0 Å². The molecule has 0 aliphatic rings. The number of nitrogens with one attached hydrogen (secondary N) is 1. The van der Waals surface area contributed by atoms with Gasteiger partial charge in [0.2, 0.25) is 0 Å². The lowest BCUT2D eigenvalue weighted by Crippen LogP contribution is -2.29. The van der Waals surface area contributed by atoms with Crippen LogP contribution in [0.25, 0.3) is 22.5 Å². The van der Waals surface area contributed by atoms with Gasteiger partial charge in [0.25, 0.3) is 5.91 Å². The van der Waals surface area contributed by atoms with Crippen molar-refractivity contribution in [3.05, 3.63) is 84.2 Å². The number of benzene rings is 2. The maximum Gasteiger partial charge on any atom is 0.255 e. The summed E-state index contributed by atoms with van der Waals surface area (Å²) in [6.45, 7) is 7.42. The molecule has 0 aliphatic carbocycles. The minimum atomic E-state index is -0.323. The number of hydrogen-bond acceptors (Lipinski definition) is 5. The first-order valence-electron chi connectivity index (χ1n) is 12.0. The number of amides is 1. The van der Waals surface area contributed by atoms with Gasteiger partial charge in [0.05, 0.1) is 11.3 Å². The van der Waals surface area contributed by atoms with E-state index in [1.165, 1.54) is 18.2 Å². The number of phenolic OH excluding ortho intramolecular Hbond substituents is 1. The van der Waals surface area contributed by atoms with Crippen LogP contribution >= 0.6 is 0 Å². The minimum Gasteiger partial charge on any atom is -0.507 e. The van der Waals surface area contributed by atoms with E-state index in [1.54, 1.807) is 36.5 Å². The fraction of sp³-hybridized carbons (Fsp3) is 0.286. The first-order chi connectivity index (χ1) is 17.3. The van der Waals surface area contributed by atoms with Crippen molar-refractivity contribution in [1.29, 1.82) is 0 Å². The first kappa shape index (κ1) is 25.0. The molecule has 1 amide bonds. The summed E-state index contributed by atoms with van der Waals surface area (Å²) >= 11 is 0. The minimum absolute atomic E-state index is 0.0475. The van der Waals surface area contributed by atoms with Crippen LogP contribution in [0, 0.1) is 17.7 Å². The number of rotatable bonds is 9. The number of para-hydroxylation sites is 1. The molecule has 0 spiro atoms. The number of nitrogens with zero attached hydrogens (tertiary/aromatic N) is 4. The number of hydrogen-bond donors (Lipinski definition) is 2. The molecule has 4 rings (SSSR count). The number of aromatic hydroxyl groups is 1. The van der Waals surface area contributed by atoms with Crippen LogP contribution in [0.4, 0.5) is 4.39 Å². The molecule has 0 radical (unpaired) electrons. The Morgan fingerprint density at radius 1 is 1.08 bits per heavy atom. The smallest absolute Gasteiger partial charge is 0.255 e. The predicted molar refractivity (Wildman–Crippen MR) is 137 cm³/mol. The molecule has 0 fully saturated rings. The van der Waals surface area contributed by atoms with Crippen molar-refractivity contribution in [2.24, 2.45) is 11.8 Å². The summed E-state index contributed by atoms with van der Waals surface area (Å²) in [5, 5.41) is 17.5. The Kier molecular flexibility index (Phi) is 7.73. The summed E-state index contributed by atoms with van der Waals surface area (Å²) in [7, 11) is 0. The van der Waals surface area contributed by atoms with Gasteiger partial charge in [0, 0.05) is 43.0 Å². The van der Waals surface area contributed by atoms with E-state index in [4.69, 9.17) is 10.1 Å². The number of phenols is 1. The molecule has 186 valence electrons. The highest BCUT2D eigenvalue weighted by Gasteiger charge is 2.17. The second-order valence-electron chi connectivity index (χ2n) is 9.41. The standard InChI is InChI=1S/C28H30FN5O2/c1-18(2)16-34-17-23(27(33-34)20-8-10-21(29)11-9-20)24-12-13-30-26(32-24)14-19(3)15-31-28(36)22-6-4-5-7-25(22)35/h4-13,17-19,35H,14-16H2,1-3H3,(H,31,36). The van der Waals surface area contributed by atoms with Crippen molar-refractivity contribution in [2.45, 2.75) is 33.7 Å². The topological polar surface area (TPSA) is 92.9 Å². The molecule has 36 heavy (non-hydrogen) atoms. The van der Waals surface area contributed by atoms with Crippen molar-refractivity contribution in [2.75, 3.05) is 6.54 Å². The second kappa shape index (κ2) is 11.1. The molecule has 0 saturated carbocycles. The quantitative estimate of drug-likeness (QED) is 0.342. The molecule has 8 heteroatoms. The van der Waals surface area contributed by atoms with E-state index in [1.807, 2.05) is 23.9 Å². The molecule has 0 aliphatic heterocycles. The summed E-state index contributed by atoms with van der Waals surface area (Å²) in [4.78, 5) is 21.6. The third kappa shape index (κ3) is 6.13. The Bertz CT molecular complexity index is 1330. The monoisotopic (exact) mass is 487 g/mol. The van der Waals surface area contributed by atoms with Gasteiger partial charge in [-0.3, -0.25) is 9.48 Å². The van der Waals surface area contributed by atoms with Gasteiger partial charge in [-0.15, -0.1) is 0 Å². The van der Waals surface area contributed by atoms with Crippen LogP contribution in [0.1, 0.15) is 37.0 Å². The van der Waals surface area contributed by atoms with Crippen molar-refractivity contribution < 1.29 is 14.3 Å². The van der Waals surface area contributed by atoms with Crippen LogP contribution in [-0.2, 0) is 13.0 Å². The zero-order valence-electron chi connectivity index (χ0n) is 20.6. The van der Waals surface area contributed by atoms with Gasteiger partial charge in [-0.05, 0) is 54.3 Å². The summed E-state index contributed by atoms with van der Waals surface area (Å²) in [6, 6.07) is 14.6. The van der Waals surface area contributed by atoms with Gasteiger partial charge < -0.3 is 10.4 Å². The fourth-order valence-electron chi connectivity index (χ4n) is 3.96. The number of aromatic nitrogens is 4. The molecule has 7 nitrogen and oxygen atoms in total. The van der Waals surface area contributed by atoms with Crippen LogP contribution < -0.4 is 5.32 Å². The number of carbonyl (C=O) groups is 1. The van der Waals surface area contributed by atoms with Crippen molar-refractivity contribution >= 4 is 5.91 Å². The molecule has 0 bridgehead atoms. The SMILES string of the molecule is CC(C)Cn1cc(-c2ccnc(CC(C)CNC(=O)c3ccccc3O)n2)c(-c2ccc(F)cc2)n1. The summed E-state index contributed by atoms with van der Waals surface area (Å²) < 4.78 is 15.4.